The number of nitrogens with one attached hydrogen (secondary N) is 2. The third-order valence-corrected chi connectivity index (χ3v) is 6.87. The number of rotatable bonds is 4. The Balaban J connectivity index is 1.91. The molecule has 2 unspecified atom stereocenters. The van der Waals surface area contributed by atoms with Crippen molar-refractivity contribution in [3.05, 3.63) is 30.4 Å². The maximum atomic E-state index is 12.6. The van der Waals surface area contributed by atoms with Gasteiger partial charge in [-0.15, -0.1) is 0 Å². The highest BCUT2D eigenvalue weighted by molar-refractivity contribution is 7.92. The average molecular weight is 345 g/mol. The van der Waals surface area contributed by atoms with Gasteiger partial charge < -0.3 is 10.3 Å². The van der Waals surface area contributed by atoms with E-state index in [2.05, 4.69) is 25.5 Å². The van der Waals surface area contributed by atoms with Gasteiger partial charge in [0.1, 0.15) is 11.0 Å². The van der Waals surface area contributed by atoms with E-state index in [4.69, 9.17) is 0 Å². The molecule has 0 amide bonds. The van der Waals surface area contributed by atoms with Gasteiger partial charge in [0.15, 0.2) is 9.84 Å². The summed E-state index contributed by atoms with van der Waals surface area (Å²) in [4.78, 5) is 7.48. The topological polar surface area (TPSA) is 101 Å². The van der Waals surface area contributed by atoms with Crippen molar-refractivity contribution in [2.45, 2.75) is 31.1 Å². The molecule has 0 radical (unpaired) electrons. The van der Waals surface area contributed by atoms with Gasteiger partial charge in [0.2, 0.25) is 0 Å². The second-order valence-corrected chi connectivity index (χ2v) is 8.44. The first-order valence-corrected chi connectivity index (χ1v) is 9.85. The van der Waals surface area contributed by atoms with Crippen LogP contribution in [0.25, 0.3) is 21.8 Å². The number of aromatic amines is 1. The smallest absolute Gasteiger partial charge is 0.166 e. The van der Waals surface area contributed by atoms with Crippen molar-refractivity contribution in [1.29, 1.82) is 0 Å². The first kappa shape index (κ1) is 15.5. The molecule has 2 atom stereocenters. The summed E-state index contributed by atoms with van der Waals surface area (Å²) >= 11 is 0. The number of sulfone groups is 1. The highest BCUT2D eigenvalue weighted by Gasteiger charge is 2.39. The third kappa shape index (κ3) is 2.37. The van der Waals surface area contributed by atoms with E-state index >= 15 is 0 Å². The van der Waals surface area contributed by atoms with Gasteiger partial charge in [-0.2, -0.15) is 10.2 Å². The highest BCUT2D eigenvalue weighted by atomic mass is 32.2. The van der Waals surface area contributed by atoms with Crippen LogP contribution in [-0.2, 0) is 9.84 Å². The van der Waals surface area contributed by atoms with Crippen LogP contribution in [-0.4, -0.2) is 46.3 Å². The molecule has 1 fully saturated rings. The minimum absolute atomic E-state index is 0.181. The lowest BCUT2D eigenvalue weighted by molar-refractivity contribution is 0.554. The molecule has 0 aliphatic carbocycles. The van der Waals surface area contributed by atoms with Gasteiger partial charge in [0, 0.05) is 34.5 Å². The molecule has 7 nitrogen and oxygen atoms in total. The van der Waals surface area contributed by atoms with Crippen LogP contribution in [0.15, 0.2) is 24.7 Å². The summed E-state index contributed by atoms with van der Waals surface area (Å²) in [5.74, 6) is -0.0150. The Labute approximate surface area is 139 Å². The van der Waals surface area contributed by atoms with E-state index in [-0.39, 0.29) is 11.7 Å². The molecule has 0 saturated carbocycles. The number of nitrogens with zero attached hydrogens (tertiary/aromatic N) is 3. The first-order valence-electron chi connectivity index (χ1n) is 8.14. The van der Waals surface area contributed by atoms with E-state index < -0.39 is 15.2 Å². The molecule has 0 bridgehead atoms. The Kier molecular flexibility index (Phi) is 3.73. The summed E-state index contributed by atoms with van der Waals surface area (Å²) in [6, 6.07) is 1.95. The molecular weight excluding hydrogens is 326 g/mol. The molecule has 4 rings (SSSR count). The molecule has 3 aromatic heterocycles. The van der Waals surface area contributed by atoms with Crippen LogP contribution in [0.4, 0.5) is 0 Å². The summed E-state index contributed by atoms with van der Waals surface area (Å²) in [6.07, 6.45) is 6.61. The van der Waals surface area contributed by atoms with E-state index in [9.17, 15) is 8.42 Å². The quantitative estimate of drug-likeness (QED) is 0.747. The van der Waals surface area contributed by atoms with Crippen LogP contribution in [0.3, 0.4) is 0 Å². The van der Waals surface area contributed by atoms with Gasteiger partial charge in [-0.1, -0.05) is 6.92 Å². The molecule has 126 valence electrons. The fraction of sp³-hybridized carbons (Fsp3) is 0.438. The van der Waals surface area contributed by atoms with E-state index in [0.29, 0.717) is 13.0 Å². The minimum atomic E-state index is -3.22. The predicted octanol–water partition coefficient (Wildman–Crippen LogP) is 1.73. The molecular formula is C16H19N5O2S. The Morgan fingerprint density at radius 3 is 3.04 bits per heavy atom. The maximum Gasteiger partial charge on any atom is 0.166 e. The summed E-state index contributed by atoms with van der Waals surface area (Å²) < 4.78 is 25.3. The zero-order valence-corrected chi connectivity index (χ0v) is 14.2. The van der Waals surface area contributed by atoms with Crippen LogP contribution in [0.5, 0.6) is 0 Å². The molecule has 0 aromatic carbocycles. The summed E-state index contributed by atoms with van der Waals surface area (Å²) in [7, 11) is -3.22. The first-order chi connectivity index (χ1) is 11.6. The number of hydrogen-bond donors (Lipinski definition) is 2. The zero-order chi connectivity index (χ0) is 16.7. The molecule has 1 aliphatic heterocycles. The number of fused-ring (bicyclic) bond motifs is 3. The van der Waals surface area contributed by atoms with Crippen LogP contribution in [0.2, 0.25) is 0 Å². The fourth-order valence-corrected chi connectivity index (χ4v) is 5.57. The molecule has 1 aliphatic rings. The maximum absolute atomic E-state index is 12.6. The van der Waals surface area contributed by atoms with Crippen molar-refractivity contribution in [2.24, 2.45) is 0 Å². The van der Waals surface area contributed by atoms with Gasteiger partial charge >= 0.3 is 0 Å². The monoisotopic (exact) mass is 345 g/mol. The van der Waals surface area contributed by atoms with Crippen molar-refractivity contribution < 1.29 is 8.42 Å². The second kappa shape index (κ2) is 5.78. The van der Waals surface area contributed by atoms with Crippen LogP contribution >= 0.6 is 0 Å². The van der Waals surface area contributed by atoms with Crippen molar-refractivity contribution in [2.75, 3.05) is 12.3 Å². The Morgan fingerprint density at radius 1 is 1.33 bits per heavy atom. The molecule has 1 saturated heterocycles. The zero-order valence-electron chi connectivity index (χ0n) is 13.4. The van der Waals surface area contributed by atoms with E-state index in [1.165, 1.54) is 0 Å². The van der Waals surface area contributed by atoms with Crippen molar-refractivity contribution >= 4 is 31.6 Å². The van der Waals surface area contributed by atoms with Gasteiger partial charge in [-0.3, -0.25) is 0 Å². The standard InChI is InChI=1S/C16H19N5O2S/c1-2-7-24(22,23)16-12(4-6-18-16)14-13-10(9-20-21-14)8-19-15-11(13)3-5-17-15/h3,5,8-9,12,16,18H,2,4,6-7H2,1H3,(H,17,19). The Bertz CT molecular complexity index is 998. The van der Waals surface area contributed by atoms with Crippen LogP contribution < -0.4 is 5.32 Å². The summed E-state index contributed by atoms with van der Waals surface area (Å²) in [5.41, 5.74) is 1.52. The number of hydrogen-bond acceptors (Lipinski definition) is 6. The summed E-state index contributed by atoms with van der Waals surface area (Å²) in [5, 5.41) is 13.8. The largest absolute Gasteiger partial charge is 0.346 e. The highest BCUT2D eigenvalue weighted by Crippen LogP contribution is 2.36. The lowest BCUT2D eigenvalue weighted by atomic mass is 9.98. The van der Waals surface area contributed by atoms with E-state index in [0.717, 1.165) is 33.9 Å². The van der Waals surface area contributed by atoms with Crippen molar-refractivity contribution in [3.63, 3.8) is 0 Å². The molecule has 8 heteroatoms. The number of pyridine rings is 1. The van der Waals surface area contributed by atoms with Crippen molar-refractivity contribution in [1.82, 2.24) is 25.5 Å². The fourth-order valence-electron chi connectivity index (χ4n) is 3.61. The predicted molar refractivity (Wildman–Crippen MR) is 92.4 cm³/mol. The molecule has 2 N–H and O–H groups in total. The van der Waals surface area contributed by atoms with Crippen molar-refractivity contribution in [3.8, 4) is 0 Å². The lowest BCUT2D eigenvalue weighted by Crippen LogP contribution is -2.36. The molecule has 3 aromatic rings. The Morgan fingerprint density at radius 2 is 2.21 bits per heavy atom. The lowest BCUT2D eigenvalue weighted by Gasteiger charge is -2.20. The minimum Gasteiger partial charge on any atom is -0.346 e. The molecule has 4 heterocycles. The number of H-pyrrole nitrogens is 1. The SMILES string of the molecule is CCCS(=O)(=O)C1NCCC1c1nncc2cnc3[nH]ccc3c12. The van der Waals surface area contributed by atoms with E-state index in [1.807, 2.05) is 19.2 Å². The second-order valence-electron chi connectivity index (χ2n) is 6.20. The van der Waals surface area contributed by atoms with Gasteiger partial charge in [-0.25, -0.2) is 13.4 Å². The molecule has 0 spiro atoms. The van der Waals surface area contributed by atoms with Crippen LogP contribution in [0.1, 0.15) is 31.4 Å². The normalized spacial score (nSPS) is 21.7. The van der Waals surface area contributed by atoms with Gasteiger partial charge in [0.25, 0.3) is 0 Å². The van der Waals surface area contributed by atoms with Gasteiger partial charge in [0.05, 0.1) is 17.6 Å². The van der Waals surface area contributed by atoms with E-state index in [1.54, 1.807) is 12.4 Å². The number of aromatic nitrogens is 4. The third-order valence-electron chi connectivity index (χ3n) is 4.63. The Hall–Kier alpha value is -2.06. The van der Waals surface area contributed by atoms with Crippen LogP contribution in [0, 0.1) is 0 Å². The molecule has 24 heavy (non-hydrogen) atoms. The average Bonchev–Trinajstić information content (AvgIpc) is 3.23. The summed E-state index contributed by atoms with van der Waals surface area (Å²) in [6.45, 7) is 2.55. The van der Waals surface area contributed by atoms with Gasteiger partial charge in [-0.05, 0) is 25.5 Å².